The lowest BCUT2D eigenvalue weighted by molar-refractivity contribution is -0.120. The van der Waals surface area contributed by atoms with Crippen LogP contribution < -0.4 is 22.9 Å². The quantitative estimate of drug-likeness (QED) is 0.489. The molecule has 96 valence electrons. The Kier molecular flexibility index (Phi) is 8.70. The third-order valence-electron chi connectivity index (χ3n) is 2.09. The van der Waals surface area contributed by atoms with Gasteiger partial charge in [0.25, 0.3) is 0 Å². The molecule has 6 nitrogen and oxygen atoms in total. The second kappa shape index (κ2) is 8.06. The van der Waals surface area contributed by atoms with Gasteiger partial charge >= 0.3 is 0 Å². The highest BCUT2D eigenvalue weighted by Crippen LogP contribution is 1.95. The van der Waals surface area contributed by atoms with Crippen LogP contribution >= 0.6 is 0 Å². The maximum atomic E-state index is 10.2. The van der Waals surface area contributed by atoms with E-state index in [4.69, 9.17) is 22.9 Å². The first-order chi connectivity index (χ1) is 7.11. The van der Waals surface area contributed by atoms with E-state index in [1.54, 1.807) is 0 Å². The van der Waals surface area contributed by atoms with Crippen molar-refractivity contribution in [2.75, 3.05) is 0 Å². The lowest BCUT2D eigenvalue weighted by Crippen LogP contribution is -2.40. The fourth-order valence-electron chi connectivity index (χ4n) is 0.657. The van der Waals surface area contributed by atoms with Crippen molar-refractivity contribution >= 4 is 11.8 Å². The standard InChI is InChI=1S/2C5H12N2O/c2*1-3(2)4(6)5(7)8/h2*3-4H,6H2,1-2H3,(H2,7,8)/t2*4-/m11/s1. The molecule has 0 aromatic heterocycles. The molecule has 0 spiro atoms. The molecule has 0 saturated heterocycles. The van der Waals surface area contributed by atoms with Gasteiger partial charge in [-0.2, -0.15) is 0 Å². The molecule has 0 aliphatic rings. The highest BCUT2D eigenvalue weighted by Gasteiger charge is 2.12. The Morgan fingerprint density at radius 2 is 0.938 bits per heavy atom. The molecule has 0 unspecified atom stereocenters. The van der Waals surface area contributed by atoms with Gasteiger partial charge in [0.1, 0.15) is 0 Å². The molecule has 2 amide bonds. The maximum Gasteiger partial charge on any atom is 0.234 e. The van der Waals surface area contributed by atoms with Gasteiger partial charge in [-0.15, -0.1) is 0 Å². The van der Waals surface area contributed by atoms with Crippen molar-refractivity contribution in [3.05, 3.63) is 0 Å². The molecule has 16 heavy (non-hydrogen) atoms. The van der Waals surface area contributed by atoms with Crippen molar-refractivity contribution in [1.82, 2.24) is 0 Å². The van der Waals surface area contributed by atoms with Gasteiger partial charge in [0.15, 0.2) is 0 Å². The Hall–Kier alpha value is -1.14. The second-order valence-electron chi connectivity index (χ2n) is 4.34. The van der Waals surface area contributed by atoms with Gasteiger partial charge in [0.2, 0.25) is 11.8 Å². The third-order valence-corrected chi connectivity index (χ3v) is 2.09. The van der Waals surface area contributed by atoms with E-state index in [1.807, 2.05) is 27.7 Å². The summed E-state index contributed by atoms with van der Waals surface area (Å²) >= 11 is 0. The first kappa shape index (κ1) is 17.3. The van der Waals surface area contributed by atoms with Gasteiger partial charge in [-0.25, -0.2) is 0 Å². The van der Waals surface area contributed by atoms with Gasteiger partial charge in [-0.05, 0) is 11.8 Å². The van der Waals surface area contributed by atoms with Crippen molar-refractivity contribution in [3.8, 4) is 0 Å². The predicted molar refractivity (Wildman–Crippen MR) is 64.0 cm³/mol. The molecule has 0 heterocycles. The summed E-state index contributed by atoms with van der Waals surface area (Å²) in [4.78, 5) is 20.5. The minimum atomic E-state index is -0.491. The maximum absolute atomic E-state index is 10.2. The summed E-state index contributed by atoms with van der Waals surface area (Å²) in [5.41, 5.74) is 20.3. The zero-order valence-corrected chi connectivity index (χ0v) is 10.4. The van der Waals surface area contributed by atoms with Gasteiger partial charge in [-0.3, -0.25) is 9.59 Å². The van der Waals surface area contributed by atoms with E-state index < -0.39 is 23.9 Å². The number of rotatable bonds is 4. The third kappa shape index (κ3) is 8.19. The Bertz CT molecular complexity index is 205. The van der Waals surface area contributed by atoms with E-state index in [2.05, 4.69) is 0 Å². The highest BCUT2D eigenvalue weighted by atomic mass is 16.1. The van der Waals surface area contributed by atoms with E-state index in [0.29, 0.717) is 0 Å². The molecule has 8 N–H and O–H groups in total. The fraction of sp³-hybridized carbons (Fsp3) is 0.800. The number of nitrogens with two attached hydrogens (primary N) is 4. The van der Waals surface area contributed by atoms with Crippen molar-refractivity contribution in [1.29, 1.82) is 0 Å². The average molecular weight is 232 g/mol. The summed E-state index contributed by atoms with van der Waals surface area (Å²) in [6.07, 6.45) is 0. The minimum absolute atomic E-state index is 0.146. The van der Waals surface area contributed by atoms with Crippen LogP contribution in [0.5, 0.6) is 0 Å². The van der Waals surface area contributed by atoms with E-state index in [1.165, 1.54) is 0 Å². The summed E-state index contributed by atoms with van der Waals surface area (Å²) in [6, 6.07) is -0.981. The summed E-state index contributed by atoms with van der Waals surface area (Å²) in [5.74, 6) is -0.569. The minimum Gasteiger partial charge on any atom is -0.368 e. The molecule has 0 aromatic rings. The van der Waals surface area contributed by atoms with Crippen LogP contribution in [0.25, 0.3) is 0 Å². The van der Waals surface area contributed by atoms with Crippen molar-refractivity contribution < 1.29 is 9.59 Å². The van der Waals surface area contributed by atoms with E-state index >= 15 is 0 Å². The van der Waals surface area contributed by atoms with Gasteiger partial charge in [-0.1, -0.05) is 27.7 Å². The van der Waals surface area contributed by atoms with Gasteiger partial charge in [0, 0.05) is 0 Å². The zero-order valence-electron chi connectivity index (χ0n) is 10.4. The number of hydrogen-bond acceptors (Lipinski definition) is 4. The predicted octanol–water partition coefficient (Wildman–Crippen LogP) is -1.09. The van der Waals surface area contributed by atoms with Crippen LogP contribution in [0.2, 0.25) is 0 Å². The zero-order chi connectivity index (χ0) is 13.5. The molecule has 0 aliphatic carbocycles. The van der Waals surface area contributed by atoms with Crippen LogP contribution in [0.15, 0.2) is 0 Å². The molecular formula is C10H24N4O2. The van der Waals surface area contributed by atoms with Crippen molar-refractivity contribution in [3.63, 3.8) is 0 Å². The summed E-state index contributed by atoms with van der Waals surface area (Å²) in [7, 11) is 0. The number of amides is 2. The Labute approximate surface area is 96.7 Å². The topological polar surface area (TPSA) is 138 Å². The SMILES string of the molecule is CC(C)[C@@H](N)C(N)=O.CC(C)[C@@H](N)C(N)=O. The molecule has 0 aromatic carbocycles. The molecule has 0 saturated carbocycles. The second-order valence-corrected chi connectivity index (χ2v) is 4.34. The number of carbonyl (C=O) groups excluding carboxylic acids is 2. The molecule has 2 atom stereocenters. The van der Waals surface area contributed by atoms with Crippen LogP contribution in [-0.4, -0.2) is 23.9 Å². The lowest BCUT2D eigenvalue weighted by Gasteiger charge is -2.09. The molecule has 0 rings (SSSR count). The van der Waals surface area contributed by atoms with Crippen molar-refractivity contribution in [2.24, 2.45) is 34.8 Å². The van der Waals surface area contributed by atoms with Crippen LogP contribution in [-0.2, 0) is 9.59 Å². The van der Waals surface area contributed by atoms with Gasteiger partial charge < -0.3 is 22.9 Å². The Morgan fingerprint density at radius 1 is 0.750 bits per heavy atom. The van der Waals surface area contributed by atoms with E-state index in [-0.39, 0.29) is 11.8 Å². The number of hydrogen-bond donors (Lipinski definition) is 4. The molecule has 6 heteroatoms. The number of carbonyl (C=O) groups is 2. The fourth-order valence-corrected chi connectivity index (χ4v) is 0.657. The Morgan fingerprint density at radius 3 is 0.938 bits per heavy atom. The van der Waals surface area contributed by atoms with Gasteiger partial charge in [0.05, 0.1) is 12.1 Å². The average Bonchev–Trinajstić information content (AvgIpc) is 2.15. The number of primary amides is 2. The monoisotopic (exact) mass is 232 g/mol. The highest BCUT2D eigenvalue weighted by molar-refractivity contribution is 5.80. The summed E-state index contributed by atoms with van der Waals surface area (Å²) in [6.45, 7) is 7.43. The molecule has 0 fully saturated rings. The van der Waals surface area contributed by atoms with Crippen LogP contribution in [0.3, 0.4) is 0 Å². The van der Waals surface area contributed by atoms with Crippen molar-refractivity contribution in [2.45, 2.75) is 39.8 Å². The van der Waals surface area contributed by atoms with Crippen LogP contribution in [0.1, 0.15) is 27.7 Å². The normalized spacial score (nSPS) is 14.0. The molecule has 0 aliphatic heterocycles. The summed E-state index contributed by atoms with van der Waals surface area (Å²) in [5, 5.41) is 0. The lowest BCUT2D eigenvalue weighted by atomic mass is 10.1. The summed E-state index contributed by atoms with van der Waals surface area (Å²) < 4.78 is 0. The van der Waals surface area contributed by atoms with Crippen LogP contribution in [0, 0.1) is 11.8 Å². The largest absolute Gasteiger partial charge is 0.368 e. The Balaban J connectivity index is 0. The smallest absolute Gasteiger partial charge is 0.234 e. The molecular weight excluding hydrogens is 208 g/mol. The van der Waals surface area contributed by atoms with Crippen LogP contribution in [0.4, 0.5) is 0 Å². The molecule has 0 radical (unpaired) electrons. The molecule has 0 bridgehead atoms. The van der Waals surface area contributed by atoms with E-state index in [0.717, 1.165) is 0 Å². The first-order valence-corrected chi connectivity index (χ1v) is 5.21. The first-order valence-electron chi connectivity index (χ1n) is 5.21. The van der Waals surface area contributed by atoms with E-state index in [9.17, 15) is 9.59 Å².